The van der Waals surface area contributed by atoms with Crippen LogP contribution in [0.5, 0.6) is 0 Å². The van der Waals surface area contributed by atoms with E-state index in [0.717, 1.165) is 0 Å². The highest BCUT2D eigenvalue weighted by Gasteiger charge is 2.29. The molecule has 10 N–H and O–H groups in total. The first-order valence-electron chi connectivity index (χ1n) is 10.3. The number of carboxylic acids is 1. The minimum Gasteiger partial charge on any atom is -0.480 e. The van der Waals surface area contributed by atoms with E-state index in [9.17, 15) is 24.3 Å². The number of aliphatic carboxylic acids is 1. The number of aliphatic imine (C=N–C) groups is 1. The van der Waals surface area contributed by atoms with Crippen molar-refractivity contribution in [3.8, 4) is 0 Å². The van der Waals surface area contributed by atoms with Gasteiger partial charge in [0.25, 0.3) is 0 Å². The molecule has 3 amide bonds. The summed E-state index contributed by atoms with van der Waals surface area (Å²) in [5, 5.41) is 16.7. The van der Waals surface area contributed by atoms with Gasteiger partial charge in [-0.2, -0.15) is 0 Å². The van der Waals surface area contributed by atoms with Crippen molar-refractivity contribution in [2.75, 3.05) is 13.1 Å². The number of nitrogens with two attached hydrogens (primary N) is 3. The van der Waals surface area contributed by atoms with Crippen LogP contribution in [-0.4, -0.2) is 66.0 Å². The predicted octanol–water partition coefficient (Wildman–Crippen LogP) is -1.76. The summed E-state index contributed by atoms with van der Waals surface area (Å²) in [4.78, 5) is 52.0. The zero-order valence-corrected chi connectivity index (χ0v) is 18.7. The number of carbonyl (C=O) groups is 4. The summed E-state index contributed by atoms with van der Waals surface area (Å²) in [5.41, 5.74) is 16.3. The Bertz CT molecular complexity index is 650. The van der Waals surface area contributed by atoms with Gasteiger partial charge >= 0.3 is 5.97 Å². The van der Waals surface area contributed by atoms with E-state index in [1.54, 1.807) is 13.8 Å². The minimum absolute atomic E-state index is 0.0443. The monoisotopic (exact) mass is 443 g/mol. The molecule has 4 atom stereocenters. The fourth-order valence-electron chi connectivity index (χ4n) is 2.58. The molecule has 12 nitrogen and oxygen atoms in total. The van der Waals surface area contributed by atoms with Crippen molar-refractivity contribution in [3.63, 3.8) is 0 Å². The molecule has 0 aromatic carbocycles. The molecule has 31 heavy (non-hydrogen) atoms. The lowest BCUT2D eigenvalue weighted by Gasteiger charge is -2.24. The number of hydrogen-bond donors (Lipinski definition) is 7. The molecule has 0 aromatic rings. The molecule has 0 rings (SSSR count). The Morgan fingerprint density at radius 3 is 2.13 bits per heavy atom. The topological polar surface area (TPSA) is 215 Å². The van der Waals surface area contributed by atoms with Crippen molar-refractivity contribution in [2.45, 2.75) is 65.1 Å². The van der Waals surface area contributed by atoms with Crippen LogP contribution < -0.4 is 33.2 Å². The molecule has 0 aliphatic rings. The number of guanidine groups is 1. The first-order chi connectivity index (χ1) is 14.4. The number of hydrogen-bond acceptors (Lipinski definition) is 6. The highest BCUT2D eigenvalue weighted by Crippen LogP contribution is 2.06. The van der Waals surface area contributed by atoms with E-state index in [0.29, 0.717) is 12.8 Å². The molecule has 0 saturated carbocycles. The van der Waals surface area contributed by atoms with Gasteiger partial charge in [-0.3, -0.25) is 19.4 Å². The van der Waals surface area contributed by atoms with Gasteiger partial charge in [0.2, 0.25) is 17.7 Å². The van der Waals surface area contributed by atoms with Crippen LogP contribution in [0.3, 0.4) is 0 Å². The average molecular weight is 444 g/mol. The SMILES string of the molecule is CCC(C)C(N)C(=O)NCC(=O)NC(C(=O)NC(CCCN=C(N)N)C(=O)O)C(C)C. The van der Waals surface area contributed by atoms with Crippen molar-refractivity contribution in [2.24, 2.45) is 34.0 Å². The molecule has 0 bridgehead atoms. The third kappa shape index (κ3) is 11.2. The number of amides is 3. The van der Waals surface area contributed by atoms with E-state index in [1.165, 1.54) is 0 Å². The number of nitrogens with one attached hydrogen (secondary N) is 3. The molecule has 12 heteroatoms. The summed E-state index contributed by atoms with van der Waals surface area (Å²) >= 11 is 0. The van der Waals surface area contributed by atoms with Gasteiger partial charge in [0.1, 0.15) is 12.1 Å². The third-order valence-electron chi connectivity index (χ3n) is 4.81. The lowest BCUT2D eigenvalue weighted by Crippen LogP contribution is -2.55. The van der Waals surface area contributed by atoms with Crippen molar-refractivity contribution in [3.05, 3.63) is 0 Å². The second kappa shape index (κ2) is 14.2. The maximum absolute atomic E-state index is 12.6. The summed E-state index contributed by atoms with van der Waals surface area (Å²) in [6, 6.07) is -2.88. The Labute approximate surface area is 182 Å². The lowest BCUT2D eigenvalue weighted by atomic mass is 9.99. The van der Waals surface area contributed by atoms with Crippen LogP contribution in [0.2, 0.25) is 0 Å². The Hall–Kier alpha value is -2.89. The van der Waals surface area contributed by atoms with E-state index in [1.807, 2.05) is 13.8 Å². The van der Waals surface area contributed by atoms with Gasteiger partial charge in [-0.05, 0) is 24.7 Å². The zero-order chi connectivity index (χ0) is 24.1. The quantitative estimate of drug-likeness (QED) is 0.0924. The second-order valence-corrected chi connectivity index (χ2v) is 7.77. The molecule has 0 fully saturated rings. The number of rotatable bonds is 14. The molecule has 0 aliphatic carbocycles. The van der Waals surface area contributed by atoms with E-state index < -0.39 is 41.8 Å². The maximum Gasteiger partial charge on any atom is 0.326 e. The first-order valence-corrected chi connectivity index (χ1v) is 10.3. The molecule has 0 aromatic heterocycles. The summed E-state index contributed by atoms with van der Waals surface area (Å²) in [6.07, 6.45) is 1.17. The summed E-state index contributed by atoms with van der Waals surface area (Å²) in [5.74, 6) is -3.36. The van der Waals surface area contributed by atoms with Crippen LogP contribution in [0.25, 0.3) is 0 Å². The van der Waals surface area contributed by atoms with Crippen LogP contribution in [0.15, 0.2) is 4.99 Å². The first kappa shape index (κ1) is 28.1. The van der Waals surface area contributed by atoms with Gasteiger partial charge in [-0.15, -0.1) is 0 Å². The summed E-state index contributed by atoms with van der Waals surface area (Å²) in [7, 11) is 0. The zero-order valence-electron chi connectivity index (χ0n) is 18.7. The Morgan fingerprint density at radius 1 is 1.03 bits per heavy atom. The molecule has 4 unspecified atom stereocenters. The number of carbonyl (C=O) groups excluding carboxylic acids is 3. The Kier molecular flexibility index (Phi) is 12.9. The number of carboxylic acid groups (broad SMARTS) is 1. The normalized spacial score (nSPS) is 14.6. The summed E-state index contributed by atoms with van der Waals surface area (Å²) in [6.45, 7) is 7.03. The second-order valence-electron chi connectivity index (χ2n) is 7.77. The molecule has 178 valence electrons. The Balaban J connectivity index is 4.84. The van der Waals surface area contributed by atoms with Gasteiger partial charge in [-0.1, -0.05) is 34.1 Å². The predicted molar refractivity (Wildman–Crippen MR) is 117 cm³/mol. The van der Waals surface area contributed by atoms with Crippen molar-refractivity contribution in [1.29, 1.82) is 0 Å². The lowest BCUT2D eigenvalue weighted by molar-refractivity contribution is -0.142. The highest BCUT2D eigenvalue weighted by molar-refractivity contribution is 5.92. The van der Waals surface area contributed by atoms with Crippen LogP contribution in [0.4, 0.5) is 0 Å². The van der Waals surface area contributed by atoms with Crippen molar-refractivity contribution in [1.82, 2.24) is 16.0 Å². The van der Waals surface area contributed by atoms with Crippen molar-refractivity contribution < 1.29 is 24.3 Å². The minimum atomic E-state index is -1.21. The molecular formula is C19H37N7O5. The van der Waals surface area contributed by atoms with Gasteiger partial charge < -0.3 is 38.3 Å². The van der Waals surface area contributed by atoms with Crippen LogP contribution >= 0.6 is 0 Å². The number of nitrogens with zero attached hydrogens (tertiary/aromatic N) is 1. The molecule has 0 radical (unpaired) electrons. The van der Waals surface area contributed by atoms with Crippen LogP contribution in [0.1, 0.15) is 47.0 Å². The van der Waals surface area contributed by atoms with Gasteiger partial charge in [0.15, 0.2) is 5.96 Å². The van der Waals surface area contributed by atoms with Gasteiger partial charge in [0.05, 0.1) is 12.6 Å². The maximum atomic E-state index is 12.6. The van der Waals surface area contributed by atoms with E-state index in [2.05, 4.69) is 20.9 Å². The van der Waals surface area contributed by atoms with Gasteiger partial charge in [-0.25, -0.2) is 4.79 Å². The molecule has 0 heterocycles. The highest BCUT2D eigenvalue weighted by atomic mass is 16.4. The standard InChI is InChI=1S/C19H37N7O5/c1-5-11(4)14(20)16(28)24-9-13(27)26-15(10(2)3)17(29)25-12(18(30)31)7-6-8-23-19(21)22/h10-12,14-15H,5-9,20H2,1-4H3,(H,24,28)(H,25,29)(H,26,27)(H,30,31)(H4,21,22,23). The van der Waals surface area contributed by atoms with E-state index in [4.69, 9.17) is 17.2 Å². The molecule has 0 spiro atoms. The fraction of sp³-hybridized carbons (Fsp3) is 0.737. The van der Waals surface area contributed by atoms with Crippen LogP contribution in [-0.2, 0) is 19.2 Å². The van der Waals surface area contributed by atoms with E-state index in [-0.39, 0.29) is 37.3 Å². The average Bonchev–Trinajstić information content (AvgIpc) is 2.70. The summed E-state index contributed by atoms with van der Waals surface area (Å²) < 4.78 is 0. The Morgan fingerprint density at radius 2 is 1.65 bits per heavy atom. The smallest absolute Gasteiger partial charge is 0.326 e. The fourth-order valence-corrected chi connectivity index (χ4v) is 2.58. The van der Waals surface area contributed by atoms with Gasteiger partial charge in [0, 0.05) is 6.54 Å². The molecule has 0 aliphatic heterocycles. The van der Waals surface area contributed by atoms with Crippen LogP contribution in [0, 0.1) is 11.8 Å². The van der Waals surface area contributed by atoms with Crippen molar-refractivity contribution >= 4 is 29.7 Å². The molecular weight excluding hydrogens is 406 g/mol. The third-order valence-corrected chi connectivity index (χ3v) is 4.81. The van der Waals surface area contributed by atoms with E-state index >= 15 is 0 Å². The largest absolute Gasteiger partial charge is 0.480 e. The molecule has 0 saturated heterocycles.